The van der Waals surface area contributed by atoms with Crippen LogP contribution in [0, 0.1) is 10.1 Å². The van der Waals surface area contributed by atoms with Gasteiger partial charge in [0.15, 0.2) is 0 Å². The molecule has 3 rings (SSSR count). The van der Waals surface area contributed by atoms with E-state index in [-0.39, 0.29) is 18.9 Å². The number of rotatable bonds is 6. The van der Waals surface area contributed by atoms with Gasteiger partial charge in [-0.2, -0.15) is 0 Å². The van der Waals surface area contributed by atoms with E-state index in [1.165, 1.54) is 12.1 Å². The molecule has 8 heteroatoms. The second-order valence-corrected chi connectivity index (χ2v) is 5.85. The van der Waals surface area contributed by atoms with E-state index in [0.29, 0.717) is 13.2 Å². The Morgan fingerprint density at radius 3 is 2.52 bits per heavy atom. The molecular formula is C17H19BN2O5. The second-order valence-electron chi connectivity index (χ2n) is 5.85. The van der Waals surface area contributed by atoms with Crippen molar-refractivity contribution in [1.82, 2.24) is 0 Å². The summed E-state index contributed by atoms with van der Waals surface area (Å²) in [7, 11) is 3.16. The summed E-state index contributed by atoms with van der Waals surface area (Å²) in [4.78, 5) is 12.3. The SMILES string of the molecule is COc1ccc(B2OC[C@H](CN(C)c3ccc([N+](=O)[O-])cc3)O2)cc1. The zero-order chi connectivity index (χ0) is 17.8. The van der Waals surface area contributed by atoms with Crippen LogP contribution in [0.3, 0.4) is 0 Å². The van der Waals surface area contributed by atoms with Gasteiger partial charge >= 0.3 is 7.12 Å². The molecule has 0 radical (unpaired) electrons. The smallest absolute Gasteiger partial charge is 0.494 e. The van der Waals surface area contributed by atoms with Gasteiger partial charge < -0.3 is 18.9 Å². The molecule has 0 saturated carbocycles. The molecule has 0 N–H and O–H groups in total. The number of nitro groups is 1. The maximum Gasteiger partial charge on any atom is 0.494 e. The number of methoxy groups -OCH3 is 1. The normalized spacial score (nSPS) is 16.7. The highest BCUT2D eigenvalue weighted by Crippen LogP contribution is 2.20. The highest BCUT2D eigenvalue weighted by atomic mass is 16.6. The monoisotopic (exact) mass is 342 g/mol. The van der Waals surface area contributed by atoms with Gasteiger partial charge in [-0.3, -0.25) is 10.1 Å². The molecule has 0 unspecified atom stereocenters. The number of nitrogens with zero attached hydrogens (tertiary/aromatic N) is 2. The number of anilines is 1. The summed E-state index contributed by atoms with van der Waals surface area (Å²) < 4.78 is 16.8. The van der Waals surface area contributed by atoms with Gasteiger partial charge in [-0.05, 0) is 29.7 Å². The van der Waals surface area contributed by atoms with E-state index in [2.05, 4.69) is 0 Å². The Balaban J connectivity index is 1.57. The van der Waals surface area contributed by atoms with Crippen LogP contribution in [0.1, 0.15) is 0 Å². The molecule has 1 aliphatic rings. The molecular weight excluding hydrogens is 323 g/mol. The summed E-state index contributed by atoms with van der Waals surface area (Å²) in [6.45, 7) is 1.12. The van der Waals surface area contributed by atoms with E-state index in [1.54, 1.807) is 19.2 Å². The molecule has 1 aliphatic heterocycles. The number of ether oxygens (including phenoxy) is 1. The Morgan fingerprint density at radius 2 is 1.92 bits per heavy atom. The zero-order valence-electron chi connectivity index (χ0n) is 14.1. The molecule has 2 aromatic carbocycles. The molecule has 0 spiro atoms. The molecule has 0 amide bonds. The highest BCUT2D eigenvalue weighted by Gasteiger charge is 2.33. The number of benzene rings is 2. The van der Waals surface area contributed by atoms with Gasteiger partial charge in [0.25, 0.3) is 5.69 Å². The summed E-state index contributed by atoms with van der Waals surface area (Å²) in [6, 6.07) is 14.0. The third-order valence-corrected chi connectivity index (χ3v) is 4.12. The lowest BCUT2D eigenvalue weighted by molar-refractivity contribution is -0.384. The summed E-state index contributed by atoms with van der Waals surface area (Å²) in [6.07, 6.45) is -0.0766. The fraction of sp³-hybridized carbons (Fsp3) is 0.294. The van der Waals surface area contributed by atoms with Crippen LogP contribution in [0.4, 0.5) is 11.4 Å². The van der Waals surface area contributed by atoms with Crippen molar-refractivity contribution in [1.29, 1.82) is 0 Å². The van der Waals surface area contributed by atoms with Crippen LogP contribution in [-0.4, -0.2) is 45.5 Å². The maximum absolute atomic E-state index is 10.7. The molecule has 1 saturated heterocycles. The lowest BCUT2D eigenvalue weighted by Gasteiger charge is -2.22. The highest BCUT2D eigenvalue weighted by molar-refractivity contribution is 6.61. The van der Waals surface area contributed by atoms with Gasteiger partial charge in [-0.15, -0.1) is 0 Å². The first kappa shape index (κ1) is 17.3. The van der Waals surface area contributed by atoms with Crippen LogP contribution in [0.2, 0.25) is 0 Å². The topological polar surface area (TPSA) is 74.1 Å². The van der Waals surface area contributed by atoms with Crippen molar-refractivity contribution in [3.63, 3.8) is 0 Å². The molecule has 2 aromatic rings. The van der Waals surface area contributed by atoms with E-state index in [0.717, 1.165) is 16.9 Å². The number of hydrogen-bond donors (Lipinski definition) is 0. The maximum atomic E-state index is 10.7. The lowest BCUT2D eigenvalue weighted by atomic mass is 9.79. The number of likely N-dealkylation sites (N-methyl/N-ethyl adjacent to an activating group) is 1. The quantitative estimate of drug-likeness (QED) is 0.453. The van der Waals surface area contributed by atoms with Crippen molar-refractivity contribution < 1.29 is 19.0 Å². The summed E-state index contributed by atoms with van der Waals surface area (Å²) >= 11 is 0. The van der Waals surface area contributed by atoms with E-state index in [4.69, 9.17) is 14.0 Å². The molecule has 1 heterocycles. The summed E-state index contributed by atoms with van der Waals surface area (Å²) in [5.41, 5.74) is 1.92. The average Bonchev–Trinajstić information content (AvgIpc) is 3.10. The minimum Gasteiger partial charge on any atom is -0.497 e. The molecule has 25 heavy (non-hydrogen) atoms. The molecule has 1 atom stereocenters. The Bertz CT molecular complexity index is 723. The fourth-order valence-electron chi connectivity index (χ4n) is 2.72. The van der Waals surface area contributed by atoms with Gasteiger partial charge in [0.1, 0.15) is 5.75 Å². The van der Waals surface area contributed by atoms with Crippen molar-refractivity contribution >= 4 is 24.0 Å². The number of hydrogen-bond acceptors (Lipinski definition) is 6. The van der Waals surface area contributed by atoms with Crippen molar-refractivity contribution in [3.05, 3.63) is 58.6 Å². The first-order valence-electron chi connectivity index (χ1n) is 7.93. The van der Waals surface area contributed by atoms with Gasteiger partial charge in [-0.1, -0.05) is 12.1 Å². The Morgan fingerprint density at radius 1 is 1.24 bits per heavy atom. The van der Waals surface area contributed by atoms with Crippen LogP contribution in [-0.2, 0) is 9.31 Å². The molecule has 0 aliphatic carbocycles. The van der Waals surface area contributed by atoms with E-state index >= 15 is 0 Å². The van der Waals surface area contributed by atoms with Crippen LogP contribution in [0.5, 0.6) is 5.75 Å². The van der Waals surface area contributed by atoms with Crippen LogP contribution >= 0.6 is 0 Å². The third-order valence-electron chi connectivity index (χ3n) is 4.12. The largest absolute Gasteiger partial charge is 0.497 e. The first-order chi connectivity index (χ1) is 12.1. The minimum atomic E-state index is -0.406. The predicted molar refractivity (Wildman–Crippen MR) is 95.6 cm³/mol. The Labute approximate surface area is 146 Å². The Kier molecular flexibility index (Phi) is 5.21. The minimum absolute atomic E-state index is 0.0766. The van der Waals surface area contributed by atoms with E-state index < -0.39 is 4.92 Å². The molecule has 130 valence electrons. The molecule has 0 aromatic heterocycles. The van der Waals surface area contributed by atoms with Gasteiger partial charge in [0, 0.05) is 31.4 Å². The molecule has 7 nitrogen and oxygen atoms in total. The average molecular weight is 342 g/mol. The molecule has 0 bridgehead atoms. The van der Waals surface area contributed by atoms with E-state index in [1.807, 2.05) is 36.2 Å². The van der Waals surface area contributed by atoms with Crippen molar-refractivity contribution in [2.45, 2.75) is 6.10 Å². The standard InChI is InChI=1S/C17H19BN2O5/c1-19(14-5-7-15(8-6-14)20(21)22)11-17-12-24-18(25-17)13-3-9-16(23-2)10-4-13/h3-10,17H,11-12H2,1-2H3/t17-/m0/s1. The van der Waals surface area contributed by atoms with Crippen LogP contribution < -0.4 is 15.1 Å². The third kappa shape index (κ3) is 4.10. The first-order valence-corrected chi connectivity index (χ1v) is 7.93. The van der Waals surface area contributed by atoms with Crippen molar-refractivity contribution in [2.75, 3.05) is 32.2 Å². The summed E-state index contributed by atoms with van der Waals surface area (Å²) in [5, 5.41) is 10.7. The van der Waals surface area contributed by atoms with Crippen molar-refractivity contribution in [3.8, 4) is 5.75 Å². The van der Waals surface area contributed by atoms with Crippen molar-refractivity contribution in [2.24, 2.45) is 0 Å². The second kappa shape index (κ2) is 7.54. The van der Waals surface area contributed by atoms with Gasteiger partial charge in [0.2, 0.25) is 0 Å². The Hall–Kier alpha value is -2.58. The lowest BCUT2D eigenvalue weighted by Crippen LogP contribution is -2.35. The predicted octanol–water partition coefficient (Wildman–Crippen LogP) is 1.85. The van der Waals surface area contributed by atoms with Gasteiger partial charge in [0.05, 0.1) is 24.7 Å². The summed E-state index contributed by atoms with van der Waals surface area (Å²) in [5.74, 6) is 0.788. The van der Waals surface area contributed by atoms with Crippen LogP contribution in [0.15, 0.2) is 48.5 Å². The zero-order valence-corrected chi connectivity index (χ0v) is 14.1. The van der Waals surface area contributed by atoms with Gasteiger partial charge in [-0.25, -0.2) is 0 Å². The number of non-ortho nitro benzene ring substituents is 1. The van der Waals surface area contributed by atoms with Crippen LogP contribution in [0.25, 0.3) is 0 Å². The van der Waals surface area contributed by atoms with E-state index in [9.17, 15) is 10.1 Å². The molecule has 1 fully saturated rings. The number of nitro benzene ring substituents is 1. The fourth-order valence-corrected chi connectivity index (χ4v) is 2.72.